The number of ether oxygens (including phenoxy) is 2. The molecule has 1 aliphatic rings. The SMILES string of the molecule is COC1=CC(=O)OC(/C=C/c2ccc(Cl)cc2)C1. The first-order chi connectivity index (χ1) is 8.67. The van der Waals surface area contributed by atoms with Crippen LogP contribution in [-0.4, -0.2) is 19.2 Å². The van der Waals surface area contributed by atoms with E-state index in [9.17, 15) is 4.79 Å². The molecule has 1 heterocycles. The summed E-state index contributed by atoms with van der Waals surface area (Å²) in [5.41, 5.74) is 1.00. The summed E-state index contributed by atoms with van der Waals surface area (Å²) in [6, 6.07) is 7.43. The summed E-state index contributed by atoms with van der Waals surface area (Å²) in [5.74, 6) is 0.265. The second kappa shape index (κ2) is 5.74. The first-order valence-corrected chi connectivity index (χ1v) is 5.94. The predicted octanol–water partition coefficient (Wildman–Crippen LogP) is 3.20. The van der Waals surface area contributed by atoms with Gasteiger partial charge in [0.1, 0.15) is 11.9 Å². The first-order valence-electron chi connectivity index (χ1n) is 5.56. The van der Waals surface area contributed by atoms with Crippen molar-refractivity contribution in [3.63, 3.8) is 0 Å². The number of carbonyl (C=O) groups excluding carboxylic acids is 1. The van der Waals surface area contributed by atoms with Crippen LogP contribution >= 0.6 is 11.6 Å². The van der Waals surface area contributed by atoms with Gasteiger partial charge in [-0.15, -0.1) is 0 Å². The Morgan fingerprint density at radius 3 is 2.78 bits per heavy atom. The van der Waals surface area contributed by atoms with Crippen molar-refractivity contribution in [2.24, 2.45) is 0 Å². The van der Waals surface area contributed by atoms with Crippen LogP contribution in [0.3, 0.4) is 0 Å². The van der Waals surface area contributed by atoms with Crippen LogP contribution < -0.4 is 0 Å². The number of hydrogen-bond donors (Lipinski definition) is 0. The molecule has 4 heteroatoms. The lowest BCUT2D eigenvalue weighted by atomic mass is 10.1. The van der Waals surface area contributed by atoms with Crippen molar-refractivity contribution < 1.29 is 14.3 Å². The second-order valence-electron chi connectivity index (χ2n) is 3.90. The van der Waals surface area contributed by atoms with E-state index in [1.165, 1.54) is 6.08 Å². The smallest absolute Gasteiger partial charge is 0.334 e. The Morgan fingerprint density at radius 2 is 2.11 bits per heavy atom. The van der Waals surface area contributed by atoms with E-state index in [-0.39, 0.29) is 12.1 Å². The molecule has 0 amide bonds. The molecule has 0 spiro atoms. The van der Waals surface area contributed by atoms with Gasteiger partial charge in [0.2, 0.25) is 0 Å². The number of halogens is 1. The summed E-state index contributed by atoms with van der Waals surface area (Å²) >= 11 is 5.80. The summed E-state index contributed by atoms with van der Waals surface area (Å²) in [6.07, 6.45) is 5.38. The van der Waals surface area contributed by atoms with E-state index in [0.29, 0.717) is 17.2 Å². The van der Waals surface area contributed by atoms with Gasteiger partial charge >= 0.3 is 5.97 Å². The third-order valence-electron chi connectivity index (χ3n) is 2.58. The summed E-state index contributed by atoms with van der Waals surface area (Å²) in [5, 5.41) is 0.695. The van der Waals surface area contributed by atoms with Gasteiger partial charge in [-0.05, 0) is 23.8 Å². The van der Waals surface area contributed by atoms with E-state index < -0.39 is 0 Å². The lowest BCUT2D eigenvalue weighted by Gasteiger charge is -2.19. The largest absolute Gasteiger partial charge is 0.501 e. The zero-order valence-electron chi connectivity index (χ0n) is 9.93. The monoisotopic (exact) mass is 264 g/mol. The van der Waals surface area contributed by atoms with Gasteiger partial charge in [-0.25, -0.2) is 4.79 Å². The number of cyclic esters (lactones) is 1. The highest BCUT2D eigenvalue weighted by atomic mass is 35.5. The Hall–Kier alpha value is -1.74. The fourth-order valence-corrected chi connectivity index (χ4v) is 1.78. The Balaban J connectivity index is 2.04. The number of rotatable bonds is 3. The fraction of sp³-hybridized carbons (Fsp3) is 0.214. The van der Waals surface area contributed by atoms with Crippen molar-refractivity contribution >= 4 is 23.6 Å². The van der Waals surface area contributed by atoms with Crippen LogP contribution in [0.2, 0.25) is 5.02 Å². The van der Waals surface area contributed by atoms with Gasteiger partial charge < -0.3 is 9.47 Å². The molecule has 0 radical (unpaired) electrons. The average Bonchev–Trinajstić information content (AvgIpc) is 2.37. The number of carbonyl (C=O) groups is 1. The van der Waals surface area contributed by atoms with Gasteiger partial charge in [-0.3, -0.25) is 0 Å². The van der Waals surface area contributed by atoms with Gasteiger partial charge in [-0.1, -0.05) is 29.8 Å². The molecular weight excluding hydrogens is 252 g/mol. The molecule has 1 aliphatic heterocycles. The summed E-state index contributed by atoms with van der Waals surface area (Å²) in [6.45, 7) is 0. The lowest BCUT2D eigenvalue weighted by Crippen LogP contribution is -2.21. The number of hydrogen-bond acceptors (Lipinski definition) is 3. The van der Waals surface area contributed by atoms with Crippen LogP contribution in [0.1, 0.15) is 12.0 Å². The minimum absolute atomic E-state index is 0.284. The van der Waals surface area contributed by atoms with Crippen molar-refractivity contribution in [1.82, 2.24) is 0 Å². The second-order valence-corrected chi connectivity index (χ2v) is 4.34. The van der Waals surface area contributed by atoms with Gasteiger partial charge in [0.25, 0.3) is 0 Å². The molecule has 0 N–H and O–H groups in total. The Kier molecular flexibility index (Phi) is 4.05. The minimum Gasteiger partial charge on any atom is -0.501 e. The normalized spacial score (nSPS) is 19.6. The number of esters is 1. The summed E-state index contributed by atoms with van der Waals surface area (Å²) in [7, 11) is 1.55. The molecule has 0 aliphatic carbocycles. The Labute approximate surface area is 111 Å². The average molecular weight is 265 g/mol. The van der Waals surface area contributed by atoms with Gasteiger partial charge in [0.15, 0.2) is 0 Å². The van der Waals surface area contributed by atoms with Crippen molar-refractivity contribution in [1.29, 1.82) is 0 Å². The molecule has 18 heavy (non-hydrogen) atoms. The van der Waals surface area contributed by atoms with Crippen LogP contribution in [-0.2, 0) is 14.3 Å². The van der Waals surface area contributed by atoms with Crippen LogP contribution in [0.5, 0.6) is 0 Å². The molecule has 3 nitrogen and oxygen atoms in total. The van der Waals surface area contributed by atoms with E-state index in [4.69, 9.17) is 21.1 Å². The zero-order valence-corrected chi connectivity index (χ0v) is 10.7. The van der Waals surface area contributed by atoms with Gasteiger partial charge in [0, 0.05) is 11.4 Å². The molecule has 1 atom stereocenters. The van der Waals surface area contributed by atoms with Gasteiger partial charge in [0.05, 0.1) is 13.2 Å². The van der Waals surface area contributed by atoms with Crippen LogP contribution in [0.25, 0.3) is 6.08 Å². The van der Waals surface area contributed by atoms with E-state index >= 15 is 0 Å². The van der Waals surface area contributed by atoms with Gasteiger partial charge in [-0.2, -0.15) is 0 Å². The standard InChI is InChI=1S/C14H13ClO3/c1-17-13-8-12(18-14(16)9-13)7-4-10-2-5-11(15)6-3-10/h2-7,9,12H,8H2,1H3/b7-4+. The maximum absolute atomic E-state index is 11.3. The van der Waals surface area contributed by atoms with Crippen LogP contribution in [0.15, 0.2) is 42.2 Å². The molecule has 0 bridgehead atoms. The highest BCUT2D eigenvalue weighted by Crippen LogP contribution is 2.18. The van der Waals surface area contributed by atoms with E-state index in [2.05, 4.69) is 0 Å². The topological polar surface area (TPSA) is 35.5 Å². The van der Waals surface area contributed by atoms with Crippen molar-refractivity contribution in [2.75, 3.05) is 7.11 Å². The Bertz CT molecular complexity index is 488. The van der Waals surface area contributed by atoms with Crippen molar-refractivity contribution in [3.05, 3.63) is 52.8 Å². The molecule has 2 rings (SSSR count). The zero-order chi connectivity index (χ0) is 13.0. The molecular formula is C14H13ClO3. The minimum atomic E-state index is -0.371. The van der Waals surface area contributed by atoms with Crippen molar-refractivity contribution in [2.45, 2.75) is 12.5 Å². The summed E-state index contributed by atoms with van der Waals surface area (Å²) in [4.78, 5) is 11.3. The molecule has 1 aromatic rings. The highest BCUT2D eigenvalue weighted by Gasteiger charge is 2.19. The van der Waals surface area contributed by atoms with E-state index in [1.54, 1.807) is 7.11 Å². The van der Waals surface area contributed by atoms with E-state index in [1.807, 2.05) is 36.4 Å². The molecule has 94 valence electrons. The highest BCUT2D eigenvalue weighted by molar-refractivity contribution is 6.30. The summed E-state index contributed by atoms with van der Waals surface area (Å²) < 4.78 is 10.2. The third kappa shape index (κ3) is 3.37. The number of methoxy groups -OCH3 is 1. The maximum atomic E-state index is 11.3. The third-order valence-corrected chi connectivity index (χ3v) is 2.84. The van der Waals surface area contributed by atoms with Crippen molar-refractivity contribution in [3.8, 4) is 0 Å². The molecule has 0 aromatic heterocycles. The Morgan fingerprint density at radius 1 is 1.39 bits per heavy atom. The van der Waals surface area contributed by atoms with E-state index in [0.717, 1.165) is 5.56 Å². The molecule has 0 saturated carbocycles. The molecule has 0 saturated heterocycles. The predicted molar refractivity (Wildman–Crippen MR) is 70.1 cm³/mol. The van der Waals surface area contributed by atoms with Crippen LogP contribution in [0, 0.1) is 0 Å². The fourth-order valence-electron chi connectivity index (χ4n) is 1.66. The molecule has 1 unspecified atom stereocenters. The maximum Gasteiger partial charge on any atom is 0.334 e. The number of benzene rings is 1. The van der Waals surface area contributed by atoms with Crippen LogP contribution in [0.4, 0.5) is 0 Å². The molecule has 0 fully saturated rings. The molecule has 1 aromatic carbocycles. The quantitative estimate of drug-likeness (QED) is 0.787. The lowest BCUT2D eigenvalue weighted by molar-refractivity contribution is -0.142. The first kappa shape index (κ1) is 12.7.